The number of rotatable bonds is 4. The number of esters is 1. The maximum Gasteiger partial charge on any atom is 0.328 e. The lowest BCUT2D eigenvalue weighted by Crippen LogP contribution is -2.39. The molecule has 0 unspecified atom stereocenters. The summed E-state index contributed by atoms with van der Waals surface area (Å²) in [5.41, 5.74) is -1.44. The van der Waals surface area contributed by atoms with Gasteiger partial charge in [-0.25, -0.2) is 0 Å². The molecule has 0 aliphatic carbocycles. The van der Waals surface area contributed by atoms with E-state index in [9.17, 15) is 9.90 Å². The summed E-state index contributed by atoms with van der Waals surface area (Å²) in [6.45, 7) is 4.97. The van der Waals surface area contributed by atoms with Crippen LogP contribution < -0.4 is 0 Å². The largest absolute Gasteiger partial charge is 0.465 e. The van der Waals surface area contributed by atoms with Crippen LogP contribution in [0.25, 0.3) is 0 Å². The van der Waals surface area contributed by atoms with E-state index in [0.717, 1.165) is 0 Å². The van der Waals surface area contributed by atoms with Crippen LogP contribution in [0.15, 0.2) is 0 Å². The number of carbonyl (C=O) groups is 1. The normalized spacial score (nSPS) is 16.8. The van der Waals surface area contributed by atoms with Crippen molar-refractivity contribution in [1.82, 2.24) is 0 Å². The minimum absolute atomic E-state index is 0.215. The predicted molar refractivity (Wildman–Crippen MR) is 46.7 cm³/mol. The van der Waals surface area contributed by atoms with Gasteiger partial charge in [0.25, 0.3) is 0 Å². The van der Waals surface area contributed by atoms with Gasteiger partial charge in [-0.15, -0.1) is 0 Å². The number of aliphatic hydroxyl groups is 1. The van der Waals surface area contributed by atoms with Gasteiger partial charge in [0.05, 0.1) is 18.8 Å². The molecule has 0 aliphatic heterocycles. The van der Waals surface area contributed by atoms with Gasteiger partial charge in [0.2, 0.25) is 0 Å². The van der Waals surface area contributed by atoms with Crippen LogP contribution in [0.2, 0.25) is 0 Å². The van der Waals surface area contributed by atoms with Crippen LogP contribution >= 0.6 is 0 Å². The van der Waals surface area contributed by atoms with Crippen molar-refractivity contribution >= 4 is 5.97 Å². The molecule has 0 saturated heterocycles. The van der Waals surface area contributed by atoms with Crippen LogP contribution in [0.1, 0.15) is 27.2 Å². The summed E-state index contributed by atoms with van der Waals surface area (Å²) in [5.74, 6) is -0.660. The molecule has 0 amide bonds. The molecule has 74 valence electrons. The number of nitriles is 1. The van der Waals surface area contributed by atoms with Crippen molar-refractivity contribution in [2.75, 3.05) is 6.61 Å². The number of nitrogens with zero attached hydrogens (tertiary/aromatic N) is 1. The highest BCUT2D eigenvalue weighted by atomic mass is 16.5. The zero-order valence-corrected chi connectivity index (χ0v) is 8.20. The zero-order valence-electron chi connectivity index (χ0n) is 8.20. The van der Waals surface area contributed by atoms with Gasteiger partial charge < -0.3 is 9.84 Å². The predicted octanol–water partition coefficient (Wildman–Crippen LogP) is 0.850. The fraction of sp³-hybridized carbons (Fsp3) is 0.778. The first-order valence-corrected chi connectivity index (χ1v) is 4.29. The molecule has 0 radical (unpaired) electrons. The monoisotopic (exact) mass is 185 g/mol. The van der Waals surface area contributed by atoms with Gasteiger partial charge in [-0.1, -0.05) is 6.92 Å². The number of ether oxygens (including phenoxy) is 1. The van der Waals surface area contributed by atoms with Crippen molar-refractivity contribution in [1.29, 1.82) is 5.26 Å². The number of hydrogen-bond acceptors (Lipinski definition) is 4. The van der Waals surface area contributed by atoms with Crippen molar-refractivity contribution in [3.63, 3.8) is 0 Å². The first-order valence-electron chi connectivity index (χ1n) is 4.29. The van der Waals surface area contributed by atoms with Gasteiger partial charge in [0, 0.05) is 0 Å². The van der Waals surface area contributed by atoms with Crippen LogP contribution in [-0.4, -0.2) is 23.8 Å². The summed E-state index contributed by atoms with van der Waals surface area (Å²) < 4.78 is 4.70. The maximum atomic E-state index is 11.3. The van der Waals surface area contributed by atoms with E-state index in [4.69, 9.17) is 10.00 Å². The van der Waals surface area contributed by atoms with Crippen LogP contribution in [0.3, 0.4) is 0 Å². The fourth-order valence-corrected chi connectivity index (χ4v) is 0.945. The third kappa shape index (κ3) is 2.43. The van der Waals surface area contributed by atoms with E-state index in [2.05, 4.69) is 0 Å². The average Bonchev–Trinajstić information content (AvgIpc) is 2.15. The van der Waals surface area contributed by atoms with Crippen molar-refractivity contribution in [2.24, 2.45) is 5.41 Å². The molecule has 0 aliphatic rings. The second-order valence-corrected chi connectivity index (χ2v) is 2.96. The standard InChI is InChI=1S/C9H15NO3/c1-4-7(11)9(3,6-10)8(12)13-5-2/h7,11H,4-5H2,1-3H3/t7-,9-/m0/s1. The second kappa shape index (κ2) is 4.83. The Kier molecular flexibility index (Phi) is 4.43. The zero-order chi connectivity index (χ0) is 10.5. The van der Waals surface area contributed by atoms with E-state index < -0.39 is 17.5 Å². The third-order valence-corrected chi connectivity index (χ3v) is 1.98. The minimum Gasteiger partial charge on any atom is -0.465 e. The lowest BCUT2D eigenvalue weighted by atomic mass is 9.84. The van der Waals surface area contributed by atoms with Crippen molar-refractivity contribution < 1.29 is 14.6 Å². The highest BCUT2D eigenvalue weighted by Gasteiger charge is 2.41. The summed E-state index contributed by atoms with van der Waals surface area (Å²) >= 11 is 0. The molecule has 0 rings (SSSR count). The SMILES string of the molecule is CCOC(=O)[C@@](C)(C#N)[C@@H](O)CC. The molecule has 0 heterocycles. The van der Waals surface area contributed by atoms with Gasteiger partial charge in [-0.3, -0.25) is 4.79 Å². The first-order chi connectivity index (χ1) is 6.02. The smallest absolute Gasteiger partial charge is 0.328 e. The Bertz CT molecular complexity index is 221. The molecule has 13 heavy (non-hydrogen) atoms. The van der Waals surface area contributed by atoms with E-state index in [-0.39, 0.29) is 6.61 Å². The Morgan fingerprint density at radius 1 is 1.69 bits per heavy atom. The second-order valence-electron chi connectivity index (χ2n) is 2.96. The Hall–Kier alpha value is -1.08. The van der Waals surface area contributed by atoms with Gasteiger partial charge in [0.1, 0.15) is 0 Å². The highest BCUT2D eigenvalue weighted by Crippen LogP contribution is 2.24. The van der Waals surface area contributed by atoms with Gasteiger partial charge in [0.15, 0.2) is 5.41 Å². The van der Waals surface area contributed by atoms with Gasteiger partial charge in [-0.2, -0.15) is 5.26 Å². The lowest BCUT2D eigenvalue weighted by Gasteiger charge is -2.23. The van der Waals surface area contributed by atoms with Crippen LogP contribution in [0.5, 0.6) is 0 Å². The number of carbonyl (C=O) groups excluding carboxylic acids is 1. The molecule has 1 N–H and O–H groups in total. The molecule has 0 spiro atoms. The molecule has 4 heteroatoms. The van der Waals surface area contributed by atoms with Gasteiger partial charge >= 0.3 is 5.97 Å². The number of hydrogen-bond donors (Lipinski definition) is 1. The molecule has 0 bridgehead atoms. The quantitative estimate of drug-likeness (QED) is 0.659. The van der Waals surface area contributed by atoms with Gasteiger partial charge in [-0.05, 0) is 20.3 Å². The van der Waals surface area contributed by atoms with Crippen molar-refractivity contribution in [2.45, 2.75) is 33.3 Å². The molecule has 2 atom stereocenters. The number of aliphatic hydroxyl groups excluding tert-OH is 1. The molecular weight excluding hydrogens is 170 g/mol. The van der Waals surface area contributed by atoms with E-state index >= 15 is 0 Å². The Morgan fingerprint density at radius 2 is 2.23 bits per heavy atom. The van der Waals surface area contributed by atoms with Crippen molar-refractivity contribution in [3.05, 3.63) is 0 Å². The Morgan fingerprint density at radius 3 is 2.54 bits per heavy atom. The van der Waals surface area contributed by atoms with Crippen LogP contribution in [-0.2, 0) is 9.53 Å². The van der Waals surface area contributed by atoms with E-state index in [0.29, 0.717) is 6.42 Å². The Labute approximate surface area is 78.1 Å². The molecule has 0 fully saturated rings. The summed E-state index contributed by atoms with van der Waals surface area (Å²) in [6, 6.07) is 1.79. The highest BCUT2D eigenvalue weighted by molar-refractivity contribution is 5.80. The van der Waals surface area contributed by atoms with Crippen LogP contribution in [0, 0.1) is 16.7 Å². The van der Waals surface area contributed by atoms with E-state index in [1.165, 1.54) is 6.92 Å². The topological polar surface area (TPSA) is 70.3 Å². The summed E-state index contributed by atoms with van der Waals surface area (Å²) in [7, 11) is 0. The Balaban J connectivity index is 4.64. The van der Waals surface area contributed by atoms with Crippen molar-refractivity contribution in [3.8, 4) is 6.07 Å². The lowest BCUT2D eigenvalue weighted by molar-refractivity contribution is -0.156. The molecule has 0 aromatic carbocycles. The molecular formula is C9H15NO3. The van der Waals surface area contributed by atoms with E-state index in [1.54, 1.807) is 19.9 Å². The summed E-state index contributed by atoms with van der Waals surface area (Å²) in [6.07, 6.45) is -0.625. The third-order valence-electron chi connectivity index (χ3n) is 1.98. The summed E-state index contributed by atoms with van der Waals surface area (Å²) in [5, 5.41) is 18.2. The minimum atomic E-state index is -1.44. The molecule has 0 saturated carbocycles. The average molecular weight is 185 g/mol. The van der Waals surface area contributed by atoms with E-state index in [1.807, 2.05) is 0 Å². The van der Waals surface area contributed by atoms with Crippen LogP contribution in [0.4, 0.5) is 0 Å². The molecule has 0 aromatic rings. The maximum absolute atomic E-state index is 11.3. The molecule has 4 nitrogen and oxygen atoms in total. The fourth-order valence-electron chi connectivity index (χ4n) is 0.945. The first kappa shape index (κ1) is 11.9. The summed E-state index contributed by atoms with van der Waals surface area (Å²) in [4.78, 5) is 11.3. The molecule has 0 aromatic heterocycles.